The summed E-state index contributed by atoms with van der Waals surface area (Å²) in [6.07, 6.45) is 10.8. The number of hydrazone groups is 1. The van der Waals surface area contributed by atoms with E-state index in [0.717, 1.165) is 43.1 Å². The van der Waals surface area contributed by atoms with Crippen LogP contribution in [0.3, 0.4) is 0 Å². The molecule has 1 aromatic rings. The lowest BCUT2D eigenvalue weighted by atomic mass is 9.89. The molecule has 30 heavy (non-hydrogen) atoms. The van der Waals surface area contributed by atoms with Crippen molar-refractivity contribution in [2.45, 2.75) is 38.1 Å². The molecule has 1 aromatic carbocycles. The number of rotatable bonds is 4. The second kappa shape index (κ2) is 8.91. The largest absolute Gasteiger partial charge is 0.312 e. The average molecular weight is 469 g/mol. The molecule has 2 aliphatic heterocycles. The van der Waals surface area contributed by atoms with E-state index >= 15 is 0 Å². The number of hydrogen-bond donors (Lipinski definition) is 1. The molecule has 1 saturated heterocycles. The van der Waals surface area contributed by atoms with Gasteiger partial charge in [0, 0.05) is 22.4 Å². The fourth-order valence-corrected chi connectivity index (χ4v) is 5.08. The van der Waals surface area contributed by atoms with Gasteiger partial charge in [0.2, 0.25) is 0 Å². The molecule has 5 nitrogen and oxygen atoms in total. The van der Waals surface area contributed by atoms with Gasteiger partial charge in [0.1, 0.15) is 18.8 Å². The van der Waals surface area contributed by atoms with E-state index < -0.39 is 0 Å². The van der Waals surface area contributed by atoms with E-state index in [1.54, 1.807) is 12.1 Å². The van der Waals surface area contributed by atoms with Crippen LogP contribution in [0.2, 0.25) is 10.0 Å². The topological polar surface area (TPSA) is 44.7 Å². The first kappa shape index (κ1) is 21.7. The second-order valence-corrected chi connectivity index (χ2v) is 9.73. The lowest BCUT2D eigenvalue weighted by Gasteiger charge is -2.36. The third kappa shape index (κ3) is 4.70. The first-order valence-electron chi connectivity index (χ1n) is 10.4. The smallest absolute Gasteiger partial charge is 0.263 e. The Kier molecular flexibility index (Phi) is 6.44. The first-order valence-corrected chi connectivity index (χ1v) is 11.5. The molecule has 8 heteroatoms. The molecule has 2 heterocycles. The van der Waals surface area contributed by atoms with Gasteiger partial charge in [-0.2, -0.15) is 10.5 Å². The number of amides is 1. The van der Waals surface area contributed by atoms with Gasteiger partial charge in [0.05, 0.1) is 23.8 Å². The molecule has 4 rings (SSSR count). The van der Waals surface area contributed by atoms with Crippen molar-refractivity contribution in [1.82, 2.24) is 5.43 Å². The van der Waals surface area contributed by atoms with Crippen LogP contribution in [-0.4, -0.2) is 42.4 Å². The van der Waals surface area contributed by atoms with Crippen molar-refractivity contribution in [2.75, 3.05) is 25.1 Å². The summed E-state index contributed by atoms with van der Waals surface area (Å²) < 4.78 is 0.561. The molecule has 160 valence electrons. The number of nitrogens with zero attached hydrogens (tertiary/aromatic N) is 3. The zero-order valence-electron chi connectivity index (χ0n) is 17.0. The minimum atomic E-state index is -0.106. The predicted octanol–water partition coefficient (Wildman–Crippen LogP) is 5.29. The summed E-state index contributed by atoms with van der Waals surface area (Å²) >= 11 is 18.7. The van der Waals surface area contributed by atoms with E-state index in [4.69, 9.17) is 39.9 Å². The van der Waals surface area contributed by atoms with Gasteiger partial charge in [-0.05, 0) is 50.0 Å². The Morgan fingerprint density at radius 2 is 1.97 bits per heavy atom. The molecule has 3 aliphatic rings. The minimum absolute atomic E-state index is 0.0200. The Bertz CT molecular complexity index is 921. The predicted molar refractivity (Wildman–Crippen MR) is 124 cm³/mol. The number of anilines is 1. The number of nitrogens with one attached hydrogen (secondary N) is 1. The molecular formula is C22H26Cl3N4O+. The summed E-state index contributed by atoms with van der Waals surface area (Å²) in [6.45, 7) is 1.90. The number of likely N-dealkylation sites (tertiary alicyclic amines) is 1. The molecule has 1 N–H and O–H groups in total. The maximum atomic E-state index is 13.1. The van der Waals surface area contributed by atoms with Crippen LogP contribution in [0.5, 0.6) is 0 Å². The summed E-state index contributed by atoms with van der Waals surface area (Å²) in [5.74, 6) is 0.0680. The molecule has 0 bridgehead atoms. The van der Waals surface area contributed by atoms with Crippen molar-refractivity contribution in [2.24, 2.45) is 11.0 Å². The number of benzene rings is 1. The SMILES string of the molecule is C[N+]1(NC(=O)C2=NN(c3ccc(Cl)cc3Cl)[C@H](C3C=CC(Cl)=CC3)C2)CCCCC1. The third-order valence-electron chi connectivity index (χ3n) is 6.12. The highest BCUT2D eigenvalue weighted by molar-refractivity contribution is 6.40. The molecule has 1 unspecified atom stereocenters. The number of allylic oxidation sites excluding steroid dienone is 3. The van der Waals surface area contributed by atoms with Crippen LogP contribution in [0.15, 0.2) is 46.6 Å². The maximum absolute atomic E-state index is 13.1. The van der Waals surface area contributed by atoms with E-state index in [1.165, 1.54) is 6.42 Å². The lowest BCUT2D eigenvalue weighted by Crippen LogP contribution is -2.61. The molecule has 0 aromatic heterocycles. The summed E-state index contributed by atoms with van der Waals surface area (Å²) in [7, 11) is 2.08. The Morgan fingerprint density at radius 3 is 2.63 bits per heavy atom. The Balaban J connectivity index is 1.60. The Morgan fingerprint density at radius 1 is 1.20 bits per heavy atom. The van der Waals surface area contributed by atoms with Gasteiger partial charge in [-0.25, -0.2) is 4.59 Å². The third-order valence-corrected chi connectivity index (χ3v) is 6.94. The number of carbonyl (C=O) groups is 1. The van der Waals surface area contributed by atoms with Gasteiger partial charge >= 0.3 is 5.91 Å². The molecular weight excluding hydrogens is 443 g/mol. The van der Waals surface area contributed by atoms with Crippen molar-refractivity contribution in [3.8, 4) is 0 Å². The van der Waals surface area contributed by atoms with Crippen LogP contribution < -0.4 is 10.4 Å². The highest BCUT2D eigenvalue weighted by atomic mass is 35.5. The van der Waals surface area contributed by atoms with E-state index in [1.807, 2.05) is 23.2 Å². The van der Waals surface area contributed by atoms with Gasteiger partial charge in [-0.3, -0.25) is 9.80 Å². The van der Waals surface area contributed by atoms with Crippen molar-refractivity contribution in [3.63, 3.8) is 0 Å². The quantitative estimate of drug-likeness (QED) is 0.610. The lowest BCUT2D eigenvalue weighted by molar-refractivity contribution is -0.947. The number of carbonyl (C=O) groups excluding carboxylic acids is 1. The molecule has 0 saturated carbocycles. The van der Waals surface area contributed by atoms with E-state index in [9.17, 15) is 4.79 Å². The normalized spacial score (nSPS) is 25.7. The van der Waals surface area contributed by atoms with Crippen LogP contribution >= 0.6 is 34.8 Å². The number of halogens is 3. The van der Waals surface area contributed by atoms with E-state index in [2.05, 4.69) is 18.5 Å². The summed E-state index contributed by atoms with van der Waals surface area (Å²) in [4.78, 5) is 13.1. The van der Waals surface area contributed by atoms with Crippen LogP contribution in [0.4, 0.5) is 5.69 Å². The summed E-state index contributed by atoms with van der Waals surface area (Å²) in [6, 6.07) is 5.33. The van der Waals surface area contributed by atoms with Gasteiger partial charge in [-0.15, -0.1) is 0 Å². The van der Waals surface area contributed by atoms with Crippen molar-refractivity contribution < 1.29 is 9.39 Å². The van der Waals surface area contributed by atoms with Crippen LogP contribution in [0, 0.1) is 5.92 Å². The van der Waals surface area contributed by atoms with Crippen molar-refractivity contribution in [3.05, 3.63) is 51.5 Å². The number of piperidine rings is 1. The van der Waals surface area contributed by atoms with Gasteiger partial charge < -0.3 is 0 Å². The highest BCUT2D eigenvalue weighted by Gasteiger charge is 2.39. The molecule has 2 atom stereocenters. The van der Waals surface area contributed by atoms with Gasteiger partial charge in [0.25, 0.3) is 0 Å². The fourth-order valence-electron chi connectivity index (χ4n) is 4.43. The van der Waals surface area contributed by atoms with E-state index in [0.29, 0.717) is 26.8 Å². The Labute approximate surface area is 192 Å². The van der Waals surface area contributed by atoms with Crippen LogP contribution in [0.1, 0.15) is 32.1 Å². The summed E-state index contributed by atoms with van der Waals surface area (Å²) in [5.41, 5.74) is 4.48. The monoisotopic (exact) mass is 467 g/mol. The molecule has 1 aliphatic carbocycles. The number of quaternary nitrogens is 1. The molecule has 1 fully saturated rings. The highest BCUT2D eigenvalue weighted by Crippen LogP contribution is 2.38. The van der Waals surface area contributed by atoms with Gasteiger partial charge in [0.15, 0.2) is 0 Å². The molecule has 1 amide bonds. The minimum Gasteiger partial charge on any atom is -0.263 e. The zero-order chi connectivity index (χ0) is 21.3. The van der Waals surface area contributed by atoms with Crippen LogP contribution in [-0.2, 0) is 4.79 Å². The zero-order valence-corrected chi connectivity index (χ0v) is 19.2. The number of hydrogen-bond acceptors (Lipinski definition) is 3. The standard InChI is InChI=1S/C22H25Cl3N4O/c1-29(11-3-2-4-12-29)27-22(30)19-14-21(15-5-7-16(23)8-6-15)28(26-19)20-10-9-17(24)13-18(20)25/h5,7-10,13,15,21H,2-4,6,11-12,14H2,1H3/p+1/t15?,21-/m0/s1. The fraction of sp³-hybridized carbons (Fsp3) is 0.455. The Hall–Kier alpha value is -1.53. The average Bonchev–Trinajstić information content (AvgIpc) is 3.14. The van der Waals surface area contributed by atoms with E-state index in [-0.39, 0.29) is 17.9 Å². The maximum Gasteiger partial charge on any atom is 0.312 e. The van der Waals surface area contributed by atoms with Crippen molar-refractivity contribution >= 4 is 52.1 Å². The molecule has 0 spiro atoms. The molecule has 0 radical (unpaired) electrons. The first-order chi connectivity index (χ1) is 14.3. The van der Waals surface area contributed by atoms with Gasteiger partial charge in [-0.1, -0.05) is 47.0 Å². The van der Waals surface area contributed by atoms with Crippen LogP contribution in [0.25, 0.3) is 0 Å². The summed E-state index contributed by atoms with van der Waals surface area (Å²) in [5, 5.41) is 8.43. The van der Waals surface area contributed by atoms with Crippen molar-refractivity contribution in [1.29, 1.82) is 0 Å². The second-order valence-electron chi connectivity index (χ2n) is 8.45.